The van der Waals surface area contributed by atoms with Gasteiger partial charge in [-0.3, -0.25) is 4.98 Å². The molecule has 1 fully saturated rings. The quantitative estimate of drug-likeness (QED) is 0.787. The number of aromatic nitrogens is 1. The Bertz CT molecular complexity index is 348. The standard InChI is InChI=1S/C14H22N2O/c1-11(2)7-16-8-13-5-6-15-9-14(13)17-10-12-3-4-12/h5-6,9,11-12,16H,3-4,7-8,10H2,1-2H3. The average Bonchev–Trinajstić information content (AvgIpc) is 3.11. The molecule has 3 nitrogen and oxygen atoms in total. The van der Waals surface area contributed by atoms with Gasteiger partial charge in [-0.2, -0.15) is 0 Å². The maximum atomic E-state index is 5.82. The van der Waals surface area contributed by atoms with Crippen LogP contribution in [0.1, 0.15) is 32.3 Å². The molecule has 1 N–H and O–H groups in total. The summed E-state index contributed by atoms with van der Waals surface area (Å²) in [7, 11) is 0. The highest BCUT2D eigenvalue weighted by Crippen LogP contribution is 2.30. The van der Waals surface area contributed by atoms with E-state index in [9.17, 15) is 0 Å². The molecule has 0 aromatic carbocycles. The van der Waals surface area contributed by atoms with E-state index in [0.29, 0.717) is 5.92 Å². The molecular weight excluding hydrogens is 212 g/mol. The first kappa shape index (κ1) is 12.4. The van der Waals surface area contributed by atoms with E-state index in [-0.39, 0.29) is 0 Å². The van der Waals surface area contributed by atoms with Gasteiger partial charge in [0.1, 0.15) is 5.75 Å². The van der Waals surface area contributed by atoms with Crippen molar-refractivity contribution in [3.05, 3.63) is 24.0 Å². The second-order valence-electron chi connectivity index (χ2n) is 5.26. The Labute approximate surface area is 104 Å². The van der Waals surface area contributed by atoms with Crippen molar-refractivity contribution in [2.24, 2.45) is 11.8 Å². The van der Waals surface area contributed by atoms with E-state index in [1.807, 2.05) is 18.5 Å². The number of ether oxygens (including phenoxy) is 1. The fourth-order valence-corrected chi connectivity index (χ4v) is 1.67. The first-order valence-corrected chi connectivity index (χ1v) is 6.52. The largest absolute Gasteiger partial charge is 0.491 e. The van der Waals surface area contributed by atoms with E-state index < -0.39 is 0 Å². The van der Waals surface area contributed by atoms with Gasteiger partial charge in [-0.05, 0) is 37.3 Å². The minimum atomic E-state index is 0.674. The summed E-state index contributed by atoms with van der Waals surface area (Å²) in [6.07, 6.45) is 6.30. The lowest BCUT2D eigenvalue weighted by Crippen LogP contribution is -2.19. The Balaban J connectivity index is 1.85. The molecule has 0 bridgehead atoms. The van der Waals surface area contributed by atoms with Crippen molar-refractivity contribution in [3.63, 3.8) is 0 Å². The molecule has 0 unspecified atom stereocenters. The molecule has 17 heavy (non-hydrogen) atoms. The Morgan fingerprint density at radius 1 is 1.47 bits per heavy atom. The molecule has 0 aliphatic heterocycles. The van der Waals surface area contributed by atoms with Crippen molar-refractivity contribution >= 4 is 0 Å². The number of hydrogen-bond acceptors (Lipinski definition) is 3. The third-order valence-electron chi connectivity index (χ3n) is 2.91. The van der Waals surface area contributed by atoms with Crippen LogP contribution in [0.2, 0.25) is 0 Å². The normalized spacial score (nSPS) is 15.2. The van der Waals surface area contributed by atoms with Crippen molar-refractivity contribution in [1.82, 2.24) is 10.3 Å². The highest BCUT2D eigenvalue weighted by molar-refractivity contribution is 5.29. The molecule has 2 rings (SSSR count). The third kappa shape index (κ3) is 4.35. The van der Waals surface area contributed by atoms with Gasteiger partial charge < -0.3 is 10.1 Å². The van der Waals surface area contributed by atoms with Crippen molar-refractivity contribution in [2.45, 2.75) is 33.2 Å². The molecular formula is C14H22N2O. The summed E-state index contributed by atoms with van der Waals surface area (Å²) in [5.74, 6) is 2.40. The maximum absolute atomic E-state index is 5.82. The molecule has 0 saturated heterocycles. The highest BCUT2D eigenvalue weighted by Gasteiger charge is 2.22. The van der Waals surface area contributed by atoms with Crippen LogP contribution in [0, 0.1) is 11.8 Å². The van der Waals surface area contributed by atoms with E-state index in [0.717, 1.165) is 31.4 Å². The van der Waals surface area contributed by atoms with Gasteiger partial charge in [0.05, 0.1) is 12.8 Å². The average molecular weight is 234 g/mol. The summed E-state index contributed by atoms with van der Waals surface area (Å²) in [4.78, 5) is 4.13. The second kappa shape index (κ2) is 6.01. The number of hydrogen-bond donors (Lipinski definition) is 1. The van der Waals surface area contributed by atoms with Crippen LogP contribution >= 0.6 is 0 Å². The van der Waals surface area contributed by atoms with Crippen molar-refractivity contribution in [3.8, 4) is 5.75 Å². The highest BCUT2D eigenvalue weighted by atomic mass is 16.5. The zero-order chi connectivity index (χ0) is 12.1. The molecule has 0 spiro atoms. The molecule has 0 atom stereocenters. The van der Waals surface area contributed by atoms with Crippen LogP contribution in [0.25, 0.3) is 0 Å². The SMILES string of the molecule is CC(C)CNCc1ccncc1OCC1CC1. The predicted octanol–water partition coefficient (Wildman–Crippen LogP) is 2.62. The van der Waals surface area contributed by atoms with Gasteiger partial charge >= 0.3 is 0 Å². The van der Waals surface area contributed by atoms with Crippen LogP contribution in [0.5, 0.6) is 5.75 Å². The smallest absolute Gasteiger partial charge is 0.142 e. The first-order chi connectivity index (χ1) is 8.25. The summed E-state index contributed by atoms with van der Waals surface area (Å²) < 4.78 is 5.82. The molecule has 0 radical (unpaired) electrons. The van der Waals surface area contributed by atoms with Gasteiger partial charge in [0.15, 0.2) is 0 Å². The number of rotatable bonds is 7. The molecule has 94 valence electrons. The van der Waals surface area contributed by atoms with Crippen molar-refractivity contribution in [1.29, 1.82) is 0 Å². The minimum Gasteiger partial charge on any atom is -0.491 e. The zero-order valence-electron chi connectivity index (χ0n) is 10.8. The zero-order valence-corrected chi connectivity index (χ0v) is 10.8. The lowest BCUT2D eigenvalue weighted by Gasteiger charge is -2.12. The van der Waals surface area contributed by atoms with Crippen molar-refractivity contribution in [2.75, 3.05) is 13.2 Å². The second-order valence-corrected chi connectivity index (χ2v) is 5.26. The van der Waals surface area contributed by atoms with E-state index >= 15 is 0 Å². The molecule has 1 aromatic heterocycles. The molecule has 3 heteroatoms. The number of nitrogens with zero attached hydrogens (tertiary/aromatic N) is 1. The van der Waals surface area contributed by atoms with Crippen molar-refractivity contribution < 1.29 is 4.74 Å². The van der Waals surface area contributed by atoms with Crippen LogP contribution in [0.4, 0.5) is 0 Å². The molecule has 1 aliphatic rings. The van der Waals surface area contributed by atoms with Gasteiger partial charge in [0.25, 0.3) is 0 Å². The van der Waals surface area contributed by atoms with E-state index in [1.54, 1.807) is 0 Å². The van der Waals surface area contributed by atoms with Gasteiger partial charge in [-0.15, -0.1) is 0 Å². The summed E-state index contributed by atoms with van der Waals surface area (Å²) in [6.45, 7) is 7.17. The fraction of sp³-hybridized carbons (Fsp3) is 0.643. The fourth-order valence-electron chi connectivity index (χ4n) is 1.67. The van der Waals surface area contributed by atoms with Crippen LogP contribution in [-0.2, 0) is 6.54 Å². The predicted molar refractivity (Wildman–Crippen MR) is 69.0 cm³/mol. The first-order valence-electron chi connectivity index (χ1n) is 6.52. The molecule has 1 aromatic rings. The lowest BCUT2D eigenvalue weighted by molar-refractivity contribution is 0.294. The molecule has 1 saturated carbocycles. The topological polar surface area (TPSA) is 34.2 Å². The third-order valence-corrected chi connectivity index (χ3v) is 2.91. The Morgan fingerprint density at radius 2 is 2.29 bits per heavy atom. The van der Waals surface area contributed by atoms with Crippen LogP contribution in [0.3, 0.4) is 0 Å². The van der Waals surface area contributed by atoms with Crippen LogP contribution < -0.4 is 10.1 Å². The van der Waals surface area contributed by atoms with E-state index in [1.165, 1.54) is 18.4 Å². The Morgan fingerprint density at radius 3 is 3.00 bits per heavy atom. The Hall–Kier alpha value is -1.09. The molecule has 1 aliphatic carbocycles. The lowest BCUT2D eigenvalue weighted by atomic mass is 10.2. The van der Waals surface area contributed by atoms with E-state index in [2.05, 4.69) is 24.1 Å². The number of nitrogens with one attached hydrogen (secondary N) is 1. The molecule has 0 amide bonds. The van der Waals surface area contributed by atoms with Gasteiger partial charge in [0.2, 0.25) is 0 Å². The van der Waals surface area contributed by atoms with E-state index in [4.69, 9.17) is 4.74 Å². The minimum absolute atomic E-state index is 0.674. The van der Waals surface area contributed by atoms with Crippen LogP contribution in [0.15, 0.2) is 18.5 Å². The summed E-state index contributed by atoms with van der Waals surface area (Å²) in [5.41, 5.74) is 1.21. The summed E-state index contributed by atoms with van der Waals surface area (Å²) >= 11 is 0. The monoisotopic (exact) mass is 234 g/mol. The van der Waals surface area contributed by atoms with Gasteiger partial charge in [-0.25, -0.2) is 0 Å². The maximum Gasteiger partial charge on any atom is 0.142 e. The summed E-state index contributed by atoms with van der Waals surface area (Å²) in [6, 6.07) is 2.04. The number of pyridine rings is 1. The summed E-state index contributed by atoms with van der Waals surface area (Å²) in [5, 5.41) is 3.44. The van der Waals surface area contributed by atoms with Gasteiger partial charge in [-0.1, -0.05) is 13.8 Å². The van der Waals surface area contributed by atoms with Crippen LogP contribution in [-0.4, -0.2) is 18.1 Å². The van der Waals surface area contributed by atoms with Gasteiger partial charge in [0, 0.05) is 18.3 Å². The molecule has 1 heterocycles. The Kier molecular flexibility index (Phi) is 4.37.